The number of hydrogen-bond acceptors (Lipinski definition) is 4. The third kappa shape index (κ3) is 5.27. The lowest BCUT2D eigenvalue weighted by atomic mass is 9.97. The van der Waals surface area contributed by atoms with Crippen LogP contribution in [0.5, 0.6) is 0 Å². The Morgan fingerprint density at radius 3 is 2.75 bits per heavy atom. The standard InChI is InChI=1S/C11H23NO3S/c1-3-6-12-11(5-8-16(2,13)14)10-4-7-15-9-10/h10-12H,3-9H2,1-2H3. The first kappa shape index (κ1) is 13.9. The van der Waals surface area contributed by atoms with E-state index in [9.17, 15) is 8.42 Å². The summed E-state index contributed by atoms with van der Waals surface area (Å²) in [4.78, 5) is 0. The summed E-state index contributed by atoms with van der Waals surface area (Å²) >= 11 is 0. The molecule has 1 saturated heterocycles. The van der Waals surface area contributed by atoms with Crippen molar-refractivity contribution >= 4 is 9.84 Å². The monoisotopic (exact) mass is 249 g/mol. The molecule has 1 aliphatic heterocycles. The average molecular weight is 249 g/mol. The van der Waals surface area contributed by atoms with Crippen LogP contribution in [-0.2, 0) is 14.6 Å². The maximum absolute atomic E-state index is 11.2. The Morgan fingerprint density at radius 2 is 2.25 bits per heavy atom. The predicted molar refractivity (Wildman–Crippen MR) is 65.3 cm³/mol. The molecule has 1 N–H and O–H groups in total. The molecule has 0 aromatic heterocycles. The molecule has 0 spiro atoms. The molecule has 0 aliphatic carbocycles. The van der Waals surface area contributed by atoms with Crippen molar-refractivity contribution in [3.05, 3.63) is 0 Å². The molecule has 1 fully saturated rings. The SMILES string of the molecule is CCCNC(CCS(C)(=O)=O)C1CCOC1. The van der Waals surface area contributed by atoms with Crippen LogP contribution in [-0.4, -0.2) is 46.2 Å². The summed E-state index contributed by atoms with van der Waals surface area (Å²) in [5, 5.41) is 3.44. The van der Waals surface area contributed by atoms with Gasteiger partial charge in [-0.05, 0) is 31.7 Å². The Bertz CT molecular complexity index is 284. The maximum atomic E-state index is 11.2. The highest BCUT2D eigenvalue weighted by atomic mass is 32.2. The lowest BCUT2D eigenvalue weighted by Gasteiger charge is -2.23. The highest BCUT2D eigenvalue weighted by Gasteiger charge is 2.25. The van der Waals surface area contributed by atoms with Crippen molar-refractivity contribution in [2.45, 2.75) is 32.2 Å². The minimum atomic E-state index is -2.85. The molecule has 5 heteroatoms. The van der Waals surface area contributed by atoms with E-state index >= 15 is 0 Å². The molecule has 0 aromatic rings. The molecule has 4 nitrogen and oxygen atoms in total. The van der Waals surface area contributed by atoms with Crippen molar-refractivity contribution in [2.75, 3.05) is 31.8 Å². The van der Waals surface area contributed by atoms with Gasteiger partial charge in [0.1, 0.15) is 9.84 Å². The second kappa shape index (κ2) is 6.57. The largest absolute Gasteiger partial charge is 0.381 e. The van der Waals surface area contributed by atoms with E-state index in [1.807, 2.05) is 0 Å². The van der Waals surface area contributed by atoms with Gasteiger partial charge in [-0.2, -0.15) is 0 Å². The highest BCUT2D eigenvalue weighted by molar-refractivity contribution is 7.90. The van der Waals surface area contributed by atoms with Crippen molar-refractivity contribution in [1.29, 1.82) is 0 Å². The van der Waals surface area contributed by atoms with E-state index in [-0.39, 0.29) is 11.8 Å². The van der Waals surface area contributed by atoms with Crippen LogP contribution in [0.15, 0.2) is 0 Å². The van der Waals surface area contributed by atoms with E-state index in [4.69, 9.17) is 4.74 Å². The zero-order chi connectivity index (χ0) is 12.0. The fourth-order valence-electron chi connectivity index (χ4n) is 2.05. The summed E-state index contributed by atoms with van der Waals surface area (Å²) < 4.78 is 27.7. The summed E-state index contributed by atoms with van der Waals surface area (Å²) in [6, 6.07) is 0.289. The van der Waals surface area contributed by atoms with Gasteiger partial charge in [0.05, 0.1) is 12.4 Å². The van der Waals surface area contributed by atoms with Gasteiger partial charge < -0.3 is 10.1 Å². The molecule has 1 aliphatic rings. The molecule has 0 bridgehead atoms. The minimum absolute atomic E-state index is 0.269. The van der Waals surface area contributed by atoms with Gasteiger partial charge in [0.15, 0.2) is 0 Å². The second-order valence-electron chi connectivity index (χ2n) is 4.60. The summed E-state index contributed by atoms with van der Waals surface area (Å²) in [6.45, 7) is 4.65. The minimum Gasteiger partial charge on any atom is -0.381 e. The first-order valence-corrected chi connectivity index (χ1v) is 8.08. The number of rotatable bonds is 7. The summed E-state index contributed by atoms with van der Waals surface area (Å²) in [7, 11) is -2.85. The molecule has 16 heavy (non-hydrogen) atoms. The van der Waals surface area contributed by atoms with Crippen LogP contribution >= 0.6 is 0 Å². The van der Waals surface area contributed by atoms with Crippen molar-refractivity contribution in [2.24, 2.45) is 5.92 Å². The van der Waals surface area contributed by atoms with Gasteiger partial charge >= 0.3 is 0 Å². The molecular weight excluding hydrogens is 226 g/mol. The molecule has 2 unspecified atom stereocenters. The fourth-order valence-corrected chi connectivity index (χ4v) is 2.73. The topological polar surface area (TPSA) is 55.4 Å². The fraction of sp³-hybridized carbons (Fsp3) is 1.00. The first-order valence-electron chi connectivity index (χ1n) is 6.02. The number of hydrogen-bond donors (Lipinski definition) is 1. The van der Waals surface area contributed by atoms with E-state index in [0.29, 0.717) is 12.3 Å². The quantitative estimate of drug-likeness (QED) is 0.726. The first-order chi connectivity index (χ1) is 7.53. The Labute approximate surface area is 98.7 Å². The average Bonchev–Trinajstić information content (AvgIpc) is 2.69. The Hall–Kier alpha value is -0.130. The van der Waals surface area contributed by atoms with Gasteiger partial charge in [0, 0.05) is 18.9 Å². The van der Waals surface area contributed by atoms with E-state index in [2.05, 4.69) is 12.2 Å². The van der Waals surface area contributed by atoms with Crippen LogP contribution in [0.1, 0.15) is 26.2 Å². The summed E-state index contributed by atoms with van der Waals surface area (Å²) in [5.74, 6) is 0.749. The van der Waals surface area contributed by atoms with Gasteiger partial charge in [0.2, 0.25) is 0 Å². The predicted octanol–water partition coefficient (Wildman–Crippen LogP) is 0.826. The molecule has 1 heterocycles. The van der Waals surface area contributed by atoms with Crippen molar-refractivity contribution in [1.82, 2.24) is 5.32 Å². The zero-order valence-electron chi connectivity index (χ0n) is 10.2. The lowest BCUT2D eigenvalue weighted by Crippen LogP contribution is -2.38. The van der Waals surface area contributed by atoms with Crippen molar-refractivity contribution in [3.63, 3.8) is 0 Å². The van der Waals surface area contributed by atoms with Crippen molar-refractivity contribution < 1.29 is 13.2 Å². The summed E-state index contributed by atoms with van der Waals surface area (Å²) in [6.07, 6.45) is 4.12. The molecule has 96 valence electrons. The van der Waals surface area contributed by atoms with Crippen LogP contribution in [0.2, 0.25) is 0 Å². The summed E-state index contributed by atoms with van der Waals surface area (Å²) in [5.41, 5.74) is 0. The third-order valence-corrected chi connectivity index (χ3v) is 3.97. The third-order valence-electron chi connectivity index (χ3n) is 2.99. The Morgan fingerprint density at radius 1 is 1.50 bits per heavy atom. The van der Waals surface area contributed by atoms with E-state index in [1.54, 1.807) is 0 Å². The normalized spacial score (nSPS) is 23.5. The molecular formula is C11H23NO3S. The molecule has 1 rings (SSSR count). The zero-order valence-corrected chi connectivity index (χ0v) is 11.1. The van der Waals surface area contributed by atoms with Crippen molar-refractivity contribution in [3.8, 4) is 0 Å². The van der Waals surface area contributed by atoms with Crippen LogP contribution in [0.3, 0.4) is 0 Å². The van der Waals surface area contributed by atoms with Gasteiger partial charge in [0.25, 0.3) is 0 Å². The molecule has 0 aromatic carbocycles. The number of nitrogens with one attached hydrogen (secondary N) is 1. The van der Waals surface area contributed by atoms with Crippen LogP contribution < -0.4 is 5.32 Å². The molecule has 0 radical (unpaired) electrons. The lowest BCUT2D eigenvalue weighted by molar-refractivity contribution is 0.176. The van der Waals surface area contributed by atoms with Crippen LogP contribution in [0, 0.1) is 5.92 Å². The maximum Gasteiger partial charge on any atom is 0.147 e. The van der Waals surface area contributed by atoms with Crippen LogP contribution in [0.25, 0.3) is 0 Å². The Balaban J connectivity index is 2.42. The smallest absolute Gasteiger partial charge is 0.147 e. The number of sulfone groups is 1. The molecule has 0 saturated carbocycles. The van der Waals surface area contributed by atoms with Gasteiger partial charge in [-0.1, -0.05) is 6.92 Å². The molecule has 0 amide bonds. The van der Waals surface area contributed by atoms with Crippen LogP contribution in [0.4, 0.5) is 0 Å². The second-order valence-corrected chi connectivity index (χ2v) is 6.86. The van der Waals surface area contributed by atoms with Gasteiger partial charge in [-0.3, -0.25) is 0 Å². The van der Waals surface area contributed by atoms with E-state index in [0.717, 1.165) is 32.6 Å². The number of ether oxygens (including phenoxy) is 1. The molecule has 2 atom stereocenters. The Kier molecular flexibility index (Phi) is 5.72. The van der Waals surface area contributed by atoms with E-state index < -0.39 is 9.84 Å². The van der Waals surface area contributed by atoms with Gasteiger partial charge in [-0.15, -0.1) is 0 Å². The highest BCUT2D eigenvalue weighted by Crippen LogP contribution is 2.19. The van der Waals surface area contributed by atoms with E-state index in [1.165, 1.54) is 6.26 Å². The van der Waals surface area contributed by atoms with Gasteiger partial charge in [-0.25, -0.2) is 8.42 Å².